The van der Waals surface area contributed by atoms with Crippen LogP contribution >= 0.6 is 0 Å². The number of furan rings is 1. The topological polar surface area (TPSA) is 84.4 Å². The van der Waals surface area contributed by atoms with E-state index in [9.17, 15) is 4.79 Å². The average molecular weight is 412 g/mol. The molecule has 0 aliphatic carbocycles. The number of nitrogen functional groups attached to an aromatic ring is 1. The number of anilines is 2. The largest absolute Gasteiger partial charge is 0.464 e. The molecule has 2 aromatic carbocycles. The monoisotopic (exact) mass is 412 g/mol. The van der Waals surface area contributed by atoms with E-state index in [1.165, 1.54) is 5.69 Å². The van der Waals surface area contributed by atoms with Crippen molar-refractivity contribution in [3.8, 4) is 11.3 Å². The number of hydrogen-bond acceptors (Lipinski definition) is 6. The number of fused-ring (bicyclic) bond motifs is 1. The van der Waals surface area contributed by atoms with E-state index in [4.69, 9.17) is 10.2 Å². The van der Waals surface area contributed by atoms with Crippen molar-refractivity contribution in [1.29, 1.82) is 0 Å². The van der Waals surface area contributed by atoms with Crippen LogP contribution in [0, 0.1) is 0 Å². The summed E-state index contributed by atoms with van der Waals surface area (Å²) >= 11 is 0. The number of hydrogen-bond donors (Lipinski definition) is 2. The highest BCUT2D eigenvalue weighted by atomic mass is 16.3. The summed E-state index contributed by atoms with van der Waals surface area (Å²) in [5.41, 5.74) is 10.0. The fourth-order valence-corrected chi connectivity index (χ4v) is 4.02. The van der Waals surface area contributed by atoms with Gasteiger partial charge in [0, 0.05) is 61.1 Å². The number of Topliss-reactive ketones (excluding diaryl/α,β-unsaturated/α-hetero) is 1. The Morgan fingerprint density at radius 3 is 2.74 bits per heavy atom. The molecule has 6 heteroatoms. The summed E-state index contributed by atoms with van der Waals surface area (Å²) in [5, 5.41) is 5.41. The number of carbonyl (C=O) groups excluding carboxylic acids is 1. The molecular formula is C25H24N4O2. The van der Waals surface area contributed by atoms with Crippen molar-refractivity contribution in [3.05, 3.63) is 78.3 Å². The summed E-state index contributed by atoms with van der Waals surface area (Å²) in [6.07, 6.45) is 3.61. The van der Waals surface area contributed by atoms with Gasteiger partial charge in [0.2, 0.25) is 0 Å². The molecule has 0 saturated carbocycles. The van der Waals surface area contributed by atoms with Crippen LogP contribution in [-0.2, 0) is 6.42 Å². The van der Waals surface area contributed by atoms with Crippen LogP contribution in [0.15, 0.2) is 71.5 Å². The first-order valence-electron chi connectivity index (χ1n) is 10.5. The van der Waals surface area contributed by atoms with Crippen LogP contribution in [0.4, 0.5) is 11.4 Å². The fraction of sp³-hybridized carbons (Fsp3) is 0.200. The number of nitrogens with two attached hydrogens (primary N) is 1. The lowest BCUT2D eigenvalue weighted by Crippen LogP contribution is -2.43. The first-order chi connectivity index (χ1) is 15.2. The second-order valence-corrected chi connectivity index (χ2v) is 7.83. The van der Waals surface area contributed by atoms with Crippen molar-refractivity contribution in [2.75, 3.05) is 36.8 Å². The Labute approximate surface area is 180 Å². The lowest BCUT2D eigenvalue weighted by molar-refractivity contribution is 0.0988. The standard InChI is InChI=1S/C25H24N4O2/c26-22-6-4-18(25-2-1-11-31-25)12-19(22)15-24(30)23-14-17-3-5-21(13-20(17)16-28-23)29-9-7-27-8-10-29/h1-6,11-14,16,27H,7-10,15,26H2. The van der Waals surface area contributed by atoms with Crippen molar-refractivity contribution >= 4 is 27.9 Å². The van der Waals surface area contributed by atoms with Crippen molar-refractivity contribution < 1.29 is 9.21 Å². The van der Waals surface area contributed by atoms with Crippen LogP contribution in [0.5, 0.6) is 0 Å². The first-order valence-corrected chi connectivity index (χ1v) is 10.5. The Balaban J connectivity index is 1.38. The summed E-state index contributed by atoms with van der Waals surface area (Å²) in [6, 6.07) is 17.5. The van der Waals surface area contributed by atoms with Crippen molar-refractivity contribution in [2.45, 2.75) is 6.42 Å². The van der Waals surface area contributed by atoms with E-state index in [0.717, 1.165) is 53.8 Å². The number of nitrogens with one attached hydrogen (secondary N) is 1. The second-order valence-electron chi connectivity index (χ2n) is 7.83. The SMILES string of the molecule is Nc1ccc(-c2ccco2)cc1CC(=O)c1cc2ccc(N3CCNCC3)cc2cn1. The van der Waals surface area contributed by atoms with Crippen LogP contribution < -0.4 is 16.0 Å². The number of carbonyl (C=O) groups is 1. The highest BCUT2D eigenvalue weighted by Gasteiger charge is 2.15. The zero-order valence-corrected chi connectivity index (χ0v) is 17.2. The highest BCUT2D eigenvalue weighted by Crippen LogP contribution is 2.26. The molecular weight excluding hydrogens is 388 g/mol. The zero-order valence-electron chi connectivity index (χ0n) is 17.2. The Morgan fingerprint density at radius 1 is 1.06 bits per heavy atom. The van der Waals surface area contributed by atoms with Crippen molar-refractivity contribution in [1.82, 2.24) is 10.3 Å². The van der Waals surface area contributed by atoms with E-state index in [2.05, 4.69) is 33.4 Å². The quantitative estimate of drug-likeness (QED) is 0.382. The normalized spacial score (nSPS) is 14.1. The molecule has 3 N–H and O–H groups in total. The minimum atomic E-state index is -0.0589. The van der Waals surface area contributed by atoms with Crippen molar-refractivity contribution in [3.63, 3.8) is 0 Å². The smallest absolute Gasteiger partial charge is 0.185 e. The van der Waals surface area contributed by atoms with Gasteiger partial charge in [-0.25, -0.2) is 0 Å². The summed E-state index contributed by atoms with van der Waals surface area (Å²) in [4.78, 5) is 19.8. The molecule has 3 heterocycles. The third kappa shape index (κ3) is 4.02. The van der Waals surface area contributed by atoms with Gasteiger partial charge in [-0.15, -0.1) is 0 Å². The maximum absolute atomic E-state index is 13.0. The van der Waals surface area contributed by atoms with E-state index in [0.29, 0.717) is 11.4 Å². The molecule has 0 spiro atoms. The highest BCUT2D eigenvalue weighted by molar-refractivity contribution is 6.00. The fourth-order valence-electron chi connectivity index (χ4n) is 4.02. The molecule has 2 aromatic heterocycles. The number of rotatable bonds is 5. The molecule has 1 fully saturated rings. The van der Waals surface area contributed by atoms with Gasteiger partial charge in [-0.2, -0.15) is 0 Å². The zero-order chi connectivity index (χ0) is 21.2. The van der Waals surface area contributed by atoms with E-state index in [-0.39, 0.29) is 12.2 Å². The predicted octanol–water partition coefficient (Wildman–Crippen LogP) is 3.91. The molecule has 6 nitrogen and oxygen atoms in total. The number of benzene rings is 2. The molecule has 0 unspecified atom stereocenters. The Morgan fingerprint density at radius 2 is 1.94 bits per heavy atom. The van der Waals surface area contributed by atoms with Gasteiger partial charge in [0.1, 0.15) is 11.5 Å². The van der Waals surface area contributed by atoms with Gasteiger partial charge in [0.25, 0.3) is 0 Å². The Kier molecular flexibility index (Phi) is 5.14. The molecule has 0 bridgehead atoms. The van der Waals surface area contributed by atoms with E-state index in [1.54, 1.807) is 12.5 Å². The van der Waals surface area contributed by atoms with Gasteiger partial charge in [0.15, 0.2) is 5.78 Å². The lowest BCUT2D eigenvalue weighted by atomic mass is 10.0. The molecule has 156 valence electrons. The molecule has 0 amide bonds. The minimum Gasteiger partial charge on any atom is -0.464 e. The number of pyridine rings is 1. The molecule has 1 aliphatic heterocycles. The Bertz CT molecular complexity index is 1230. The van der Waals surface area contributed by atoms with Crippen LogP contribution in [0.25, 0.3) is 22.1 Å². The maximum atomic E-state index is 13.0. The maximum Gasteiger partial charge on any atom is 0.185 e. The van der Waals surface area contributed by atoms with Crippen molar-refractivity contribution in [2.24, 2.45) is 0 Å². The third-order valence-electron chi connectivity index (χ3n) is 5.77. The van der Waals surface area contributed by atoms with Gasteiger partial charge < -0.3 is 20.4 Å². The van der Waals surface area contributed by atoms with Gasteiger partial charge >= 0.3 is 0 Å². The summed E-state index contributed by atoms with van der Waals surface area (Å²) in [5.74, 6) is 0.689. The molecule has 0 atom stereocenters. The molecule has 1 saturated heterocycles. The molecule has 5 rings (SSSR count). The van der Waals surface area contributed by atoms with Gasteiger partial charge in [-0.05, 0) is 59.5 Å². The summed E-state index contributed by atoms with van der Waals surface area (Å²) < 4.78 is 5.46. The average Bonchev–Trinajstić information content (AvgIpc) is 3.35. The third-order valence-corrected chi connectivity index (χ3v) is 5.77. The molecule has 4 aromatic rings. The van der Waals surface area contributed by atoms with Crippen LogP contribution in [0.1, 0.15) is 16.1 Å². The van der Waals surface area contributed by atoms with Gasteiger partial charge in [0.05, 0.1) is 6.26 Å². The number of ketones is 1. The van der Waals surface area contributed by atoms with E-state index < -0.39 is 0 Å². The van der Waals surface area contributed by atoms with Crippen LogP contribution in [0.3, 0.4) is 0 Å². The summed E-state index contributed by atoms with van der Waals surface area (Å²) in [7, 11) is 0. The number of nitrogens with zero attached hydrogens (tertiary/aromatic N) is 2. The second kappa shape index (κ2) is 8.24. The number of piperazine rings is 1. The lowest BCUT2D eigenvalue weighted by Gasteiger charge is -2.29. The van der Waals surface area contributed by atoms with Gasteiger partial charge in [-0.3, -0.25) is 9.78 Å². The molecule has 31 heavy (non-hydrogen) atoms. The molecule has 1 aliphatic rings. The minimum absolute atomic E-state index is 0.0589. The predicted molar refractivity (Wildman–Crippen MR) is 123 cm³/mol. The van der Waals surface area contributed by atoms with Crippen LogP contribution in [-0.4, -0.2) is 36.9 Å². The van der Waals surface area contributed by atoms with E-state index >= 15 is 0 Å². The first kappa shape index (κ1) is 19.3. The van der Waals surface area contributed by atoms with E-state index in [1.807, 2.05) is 36.4 Å². The van der Waals surface area contributed by atoms with Gasteiger partial charge in [-0.1, -0.05) is 6.07 Å². The Hall–Kier alpha value is -3.64. The molecule has 0 radical (unpaired) electrons. The summed E-state index contributed by atoms with van der Waals surface area (Å²) in [6.45, 7) is 3.98. The van der Waals surface area contributed by atoms with Crippen LogP contribution in [0.2, 0.25) is 0 Å². The number of aromatic nitrogens is 1.